The molecule has 0 aliphatic carbocycles. The van der Waals surface area contributed by atoms with E-state index >= 15 is 0 Å². The lowest BCUT2D eigenvalue weighted by molar-refractivity contribution is 0.0952. The number of hydrogen-bond acceptors (Lipinski definition) is 3. The number of halogens is 1. The number of rotatable bonds is 5. The Bertz CT molecular complexity index is 477. The molecule has 0 aliphatic rings. The number of nitrogens with one attached hydrogen (secondary N) is 1. The predicted molar refractivity (Wildman–Crippen MR) is 76.5 cm³/mol. The van der Waals surface area contributed by atoms with Crippen molar-refractivity contribution in [3.63, 3.8) is 0 Å². The van der Waals surface area contributed by atoms with Crippen molar-refractivity contribution in [1.29, 1.82) is 0 Å². The van der Waals surface area contributed by atoms with E-state index < -0.39 is 0 Å². The van der Waals surface area contributed by atoms with Gasteiger partial charge in [-0.05, 0) is 29.9 Å². The van der Waals surface area contributed by atoms with Gasteiger partial charge in [-0.3, -0.25) is 4.79 Å². The first kappa shape index (κ1) is 12.9. The Morgan fingerprint density at radius 1 is 1.53 bits per heavy atom. The summed E-state index contributed by atoms with van der Waals surface area (Å²) in [6.45, 7) is 2.78. The molecule has 0 fully saturated rings. The van der Waals surface area contributed by atoms with E-state index in [1.165, 1.54) is 9.40 Å². The minimum atomic E-state index is 0.0276. The second-order valence-electron chi connectivity index (χ2n) is 4.05. The van der Waals surface area contributed by atoms with Gasteiger partial charge in [-0.15, -0.1) is 34.3 Å². The monoisotopic (exact) mass is 287 g/mol. The first-order valence-corrected chi connectivity index (χ1v) is 7.75. The highest BCUT2D eigenvalue weighted by molar-refractivity contribution is 7.27. The summed E-state index contributed by atoms with van der Waals surface area (Å²) in [6, 6.07) is 4.02. The zero-order valence-corrected chi connectivity index (χ0v) is 11.9. The molecule has 1 atom stereocenters. The molecule has 2 aromatic heterocycles. The molecule has 2 aromatic rings. The van der Waals surface area contributed by atoms with Gasteiger partial charge >= 0.3 is 0 Å². The van der Waals surface area contributed by atoms with Crippen LogP contribution in [0.4, 0.5) is 0 Å². The largest absolute Gasteiger partial charge is 0.351 e. The van der Waals surface area contributed by atoms with Crippen LogP contribution >= 0.6 is 34.3 Å². The third kappa shape index (κ3) is 3.21. The molecule has 5 heteroatoms. The number of alkyl halides is 1. The van der Waals surface area contributed by atoms with Gasteiger partial charge in [0.1, 0.15) is 0 Å². The molecule has 0 saturated carbocycles. The standard InChI is InChI=1S/C12H14ClNOS2/c1-8(2-4-13)7-14-12(15)11-6-10-9(17-11)3-5-16-10/h3,5-6,8H,2,4,7H2,1H3,(H,14,15). The Morgan fingerprint density at radius 3 is 3.06 bits per heavy atom. The van der Waals surface area contributed by atoms with E-state index in [9.17, 15) is 4.79 Å². The van der Waals surface area contributed by atoms with E-state index in [1.54, 1.807) is 22.7 Å². The summed E-state index contributed by atoms with van der Waals surface area (Å²) in [5.74, 6) is 1.10. The minimum Gasteiger partial charge on any atom is -0.351 e. The summed E-state index contributed by atoms with van der Waals surface area (Å²) >= 11 is 8.88. The van der Waals surface area contributed by atoms with Crippen LogP contribution in [0.15, 0.2) is 17.5 Å². The quantitative estimate of drug-likeness (QED) is 0.829. The summed E-state index contributed by atoms with van der Waals surface area (Å²) < 4.78 is 2.38. The zero-order chi connectivity index (χ0) is 12.3. The minimum absolute atomic E-state index is 0.0276. The molecule has 92 valence electrons. The van der Waals surface area contributed by atoms with Crippen LogP contribution in [0.5, 0.6) is 0 Å². The Morgan fingerprint density at radius 2 is 2.35 bits per heavy atom. The average molecular weight is 288 g/mol. The molecule has 0 aliphatic heterocycles. The van der Waals surface area contributed by atoms with Crippen LogP contribution in [0, 0.1) is 5.92 Å². The van der Waals surface area contributed by atoms with Crippen molar-refractivity contribution >= 4 is 49.6 Å². The zero-order valence-electron chi connectivity index (χ0n) is 9.53. The Labute approximate surface area is 114 Å². The third-order valence-electron chi connectivity index (χ3n) is 2.58. The Kier molecular flexibility index (Phi) is 4.42. The van der Waals surface area contributed by atoms with Crippen molar-refractivity contribution in [2.75, 3.05) is 12.4 Å². The van der Waals surface area contributed by atoms with Crippen LogP contribution < -0.4 is 5.32 Å². The topological polar surface area (TPSA) is 29.1 Å². The molecule has 0 radical (unpaired) electrons. The molecule has 0 spiro atoms. The van der Waals surface area contributed by atoms with Gasteiger partial charge in [0.15, 0.2) is 0 Å². The number of fused-ring (bicyclic) bond motifs is 1. The molecule has 1 unspecified atom stereocenters. The maximum absolute atomic E-state index is 11.9. The molecule has 1 amide bonds. The van der Waals surface area contributed by atoms with Crippen LogP contribution in [0.25, 0.3) is 9.40 Å². The van der Waals surface area contributed by atoms with E-state index in [4.69, 9.17) is 11.6 Å². The van der Waals surface area contributed by atoms with Gasteiger partial charge in [-0.2, -0.15) is 0 Å². The van der Waals surface area contributed by atoms with Gasteiger partial charge in [0.2, 0.25) is 0 Å². The predicted octanol–water partition coefficient (Wildman–Crippen LogP) is 3.96. The molecular formula is C12H14ClNOS2. The highest BCUT2D eigenvalue weighted by Gasteiger charge is 2.11. The van der Waals surface area contributed by atoms with Crippen LogP contribution in [-0.4, -0.2) is 18.3 Å². The normalized spacial score (nSPS) is 12.8. The van der Waals surface area contributed by atoms with Crippen LogP contribution in [0.1, 0.15) is 23.0 Å². The van der Waals surface area contributed by atoms with Crippen molar-refractivity contribution in [3.8, 4) is 0 Å². The van der Waals surface area contributed by atoms with Crippen molar-refractivity contribution in [3.05, 3.63) is 22.4 Å². The summed E-state index contributed by atoms with van der Waals surface area (Å²) in [7, 11) is 0. The SMILES string of the molecule is CC(CCCl)CNC(=O)c1cc2sccc2s1. The van der Waals surface area contributed by atoms with Gasteiger partial charge in [0.25, 0.3) is 5.91 Å². The Balaban J connectivity index is 1.94. The summed E-state index contributed by atoms with van der Waals surface area (Å²) in [5.41, 5.74) is 0. The number of carbonyl (C=O) groups is 1. The van der Waals surface area contributed by atoms with E-state index in [0.29, 0.717) is 18.3 Å². The van der Waals surface area contributed by atoms with E-state index in [2.05, 4.69) is 18.3 Å². The lowest BCUT2D eigenvalue weighted by Crippen LogP contribution is -2.27. The lowest BCUT2D eigenvalue weighted by atomic mass is 10.1. The van der Waals surface area contributed by atoms with Crippen LogP contribution in [0.3, 0.4) is 0 Å². The number of hydrogen-bond donors (Lipinski definition) is 1. The molecule has 0 saturated heterocycles. The van der Waals surface area contributed by atoms with Gasteiger partial charge in [0.05, 0.1) is 4.88 Å². The molecular weight excluding hydrogens is 274 g/mol. The van der Waals surface area contributed by atoms with E-state index in [-0.39, 0.29) is 5.91 Å². The molecule has 0 aromatic carbocycles. The highest BCUT2D eigenvalue weighted by atomic mass is 35.5. The van der Waals surface area contributed by atoms with E-state index in [0.717, 1.165) is 11.3 Å². The first-order chi connectivity index (χ1) is 8.20. The third-order valence-corrected chi connectivity index (χ3v) is 4.89. The van der Waals surface area contributed by atoms with Crippen LogP contribution in [0.2, 0.25) is 0 Å². The first-order valence-electron chi connectivity index (χ1n) is 5.52. The molecule has 0 bridgehead atoms. The molecule has 2 nitrogen and oxygen atoms in total. The highest BCUT2D eigenvalue weighted by Crippen LogP contribution is 2.29. The van der Waals surface area contributed by atoms with Crippen molar-refractivity contribution in [2.45, 2.75) is 13.3 Å². The maximum Gasteiger partial charge on any atom is 0.261 e. The molecule has 1 N–H and O–H groups in total. The van der Waals surface area contributed by atoms with Gasteiger partial charge < -0.3 is 5.32 Å². The van der Waals surface area contributed by atoms with Gasteiger partial charge in [-0.25, -0.2) is 0 Å². The molecule has 2 heterocycles. The second-order valence-corrected chi connectivity index (χ2v) is 6.46. The maximum atomic E-state index is 11.9. The number of carbonyl (C=O) groups excluding carboxylic acids is 1. The summed E-state index contributed by atoms with van der Waals surface area (Å²) in [5, 5.41) is 5.00. The van der Waals surface area contributed by atoms with E-state index in [1.807, 2.05) is 11.4 Å². The molecule has 17 heavy (non-hydrogen) atoms. The van der Waals surface area contributed by atoms with Crippen LogP contribution in [-0.2, 0) is 0 Å². The lowest BCUT2D eigenvalue weighted by Gasteiger charge is -2.09. The smallest absolute Gasteiger partial charge is 0.261 e. The fraction of sp³-hybridized carbons (Fsp3) is 0.417. The Hall–Kier alpha value is -0.580. The fourth-order valence-corrected chi connectivity index (χ4v) is 3.92. The van der Waals surface area contributed by atoms with Gasteiger partial charge in [-0.1, -0.05) is 6.92 Å². The van der Waals surface area contributed by atoms with Crippen molar-refractivity contribution in [2.24, 2.45) is 5.92 Å². The summed E-state index contributed by atoms with van der Waals surface area (Å²) in [6.07, 6.45) is 0.932. The number of amides is 1. The number of thiophene rings is 2. The summed E-state index contributed by atoms with van der Waals surface area (Å²) in [4.78, 5) is 12.7. The van der Waals surface area contributed by atoms with Gasteiger partial charge in [0, 0.05) is 21.8 Å². The second kappa shape index (κ2) is 5.85. The van der Waals surface area contributed by atoms with Crippen molar-refractivity contribution < 1.29 is 4.79 Å². The average Bonchev–Trinajstić information content (AvgIpc) is 2.86. The van der Waals surface area contributed by atoms with Crippen molar-refractivity contribution in [1.82, 2.24) is 5.32 Å². The molecule has 2 rings (SSSR count). The fourth-order valence-electron chi connectivity index (χ4n) is 1.52.